The first-order chi connectivity index (χ1) is 13.2. The van der Waals surface area contributed by atoms with Crippen molar-refractivity contribution in [3.8, 4) is 0 Å². The second-order valence-corrected chi connectivity index (χ2v) is 9.75. The fraction of sp³-hybridized carbons (Fsp3) is 0.476. The Kier molecular flexibility index (Phi) is 5.95. The van der Waals surface area contributed by atoms with Gasteiger partial charge < -0.3 is 9.47 Å². The van der Waals surface area contributed by atoms with Gasteiger partial charge in [0.2, 0.25) is 15.9 Å². The van der Waals surface area contributed by atoms with Gasteiger partial charge in [0, 0.05) is 52.0 Å². The van der Waals surface area contributed by atoms with E-state index in [1.165, 1.54) is 15.4 Å². The molecule has 0 saturated carbocycles. The normalized spacial score (nSPS) is 16.3. The molecule has 6 nitrogen and oxygen atoms in total. The van der Waals surface area contributed by atoms with E-state index in [0.29, 0.717) is 37.4 Å². The monoisotopic (exact) mass is 403 g/mol. The average molecular weight is 404 g/mol. The number of benzene rings is 1. The number of aromatic nitrogens is 1. The number of amides is 1. The molecule has 0 aliphatic carbocycles. The molecular formula is C21H29N3O3S. The van der Waals surface area contributed by atoms with Gasteiger partial charge in [0.15, 0.2) is 0 Å². The lowest BCUT2D eigenvalue weighted by molar-refractivity contribution is -0.135. The predicted octanol–water partition coefficient (Wildman–Crippen LogP) is 2.70. The lowest BCUT2D eigenvalue weighted by Crippen LogP contribution is -2.43. The topological polar surface area (TPSA) is 62.6 Å². The number of rotatable bonds is 5. The van der Waals surface area contributed by atoms with Crippen LogP contribution in [0.1, 0.15) is 29.5 Å². The second kappa shape index (κ2) is 8.09. The summed E-state index contributed by atoms with van der Waals surface area (Å²) in [6.07, 6.45) is 4.46. The van der Waals surface area contributed by atoms with Gasteiger partial charge in [0.05, 0.1) is 4.90 Å². The molecule has 0 bridgehead atoms. The molecule has 1 saturated heterocycles. The van der Waals surface area contributed by atoms with Crippen molar-refractivity contribution in [2.45, 2.75) is 38.1 Å². The molecule has 1 aliphatic rings. The lowest BCUT2D eigenvalue weighted by atomic mass is 9.96. The summed E-state index contributed by atoms with van der Waals surface area (Å²) in [5, 5.41) is 0. The Bertz CT molecular complexity index is 957. The van der Waals surface area contributed by atoms with Crippen molar-refractivity contribution < 1.29 is 13.2 Å². The van der Waals surface area contributed by atoms with Crippen molar-refractivity contribution in [3.05, 3.63) is 53.3 Å². The van der Waals surface area contributed by atoms with E-state index in [0.717, 1.165) is 5.56 Å². The SMILES string of the molecule is Cc1ccc(CN(C)C(=O)C2CCN(S(=O)(=O)c3ccn(C)c3)CC2)c(C)c1. The number of aryl methyl sites for hydroxylation is 3. The molecule has 0 spiro atoms. The maximum atomic E-state index is 12.9. The van der Waals surface area contributed by atoms with E-state index in [9.17, 15) is 13.2 Å². The fourth-order valence-corrected chi connectivity index (χ4v) is 5.31. The third-order valence-electron chi connectivity index (χ3n) is 5.53. The number of nitrogens with zero attached hydrogens (tertiary/aromatic N) is 3. The molecule has 1 amide bonds. The van der Waals surface area contributed by atoms with Gasteiger partial charge in [-0.2, -0.15) is 4.31 Å². The second-order valence-electron chi connectivity index (χ2n) is 7.82. The van der Waals surface area contributed by atoms with Gasteiger partial charge in [-0.3, -0.25) is 4.79 Å². The molecule has 1 aromatic carbocycles. The molecule has 1 fully saturated rings. The molecule has 0 unspecified atom stereocenters. The van der Waals surface area contributed by atoms with Gasteiger partial charge >= 0.3 is 0 Å². The number of hydrogen-bond acceptors (Lipinski definition) is 3. The van der Waals surface area contributed by atoms with Crippen LogP contribution in [0.2, 0.25) is 0 Å². The summed E-state index contributed by atoms with van der Waals surface area (Å²) in [6.45, 7) is 5.46. The van der Waals surface area contributed by atoms with E-state index in [1.807, 2.05) is 7.05 Å². The summed E-state index contributed by atoms with van der Waals surface area (Å²) in [4.78, 5) is 14.9. The van der Waals surface area contributed by atoms with Crippen molar-refractivity contribution in [1.82, 2.24) is 13.8 Å². The van der Waals surface area contributed by atoms with Gasteiger partial charge in [0.1, 0.15) is 0 Å². The molecule has 0 radical (unpaired) electrons. The number of piperidine rings is 1. The van der Waals surface area contributed by atoms with Crippen molar-refractivity contribution >= 4 is 15.9 Å². The fourth-order valence-electron chi connectivity index (χ4n) is 3.79. The van der Waals surface area contributed by atoms with Gasteiger partial charge in [0.25, 0.3) is 0 Å². The predicted molar refractivity (Wildman–Crippen MR) is 109 cm³/mol. The number of sulfonamides is 1. The first-order valence-electron chi connectivity index (χ1n) is 9.61. The highest BCUT2D eigenvalue weighted by Crippen LogP contribution is 2.25. The Morgan fingerprint density at radius 1 is 1.18 bits per heavy atom. The van der Waals surface area contributed by atoms with E-state index < -0.39 is 10.0 Å². The summed E-state index contributed by atoms with van der Waals surface area (Å²) in [6, 6.07) is 7.88. The first kappa shape index (κ1) is 20.6. The smallest absolute Gasteiger partial charge is 0.244 e. The third-order valence-corrected chi connectivity index (χ3v) is 7.41. The van der Waals surface area contributed by atoms with Crippen LogP contribution in [0, 0.1) is 19.8 Å². The van der Waals surface area contributed by atoms with Crippen molar-refractivity contribution in [2.75, 3.05) is 20.1 Å². The van der Waals surface area contributed by atoms with Gasteiger partial charge in [-0.1, -0.05) is 23.8 Å². The maximum Gasteiger partial charge on any atom is 0.244 e. The highest BCUT2D eigenvalue weighted by atomic mass is 32.2. The van der Waals surface area contributed by atoms with Gasteiger partial charge in [-0.25, -0.2) is 8.42 Å². The van der Waals surface area contributed by atoms with E-state index in [4.69, 9.17) is 0 Å². The number of carbonyl (C=O) groups excluding carboxylic acids is 1. The number of carbonyl (C=O) groups is 1. The Labute approximate surface area is 167 Å². The van der Waals surface area contributed by atoms with Crippen LogP contribution in [0.4, 0.5) is 0 Å². The summed E-state index contributed by atoms with van der Waals surface area (Å²) in [5.74, 6) is -0.0327. The largest absolute Gasteiger partial charge is 0.356 e. The molecule has 1 aliphatic heterocycles. The summed E-state index contributed by atoms with van der Waals surface area (Å²) in [5.41, 5.74) is 3.54. The minimum absolute atomic E-state index is 0.0942. The molecule has 2 aromatic rings. The molecule has 3 rings (SSSR count). The van der Waals surface area contributed by atoms with Crippen molar-refractivity contribution in [1.29, 1.82) is 0 Å². The first-order valence-corrected chi connectivity index (χ1v) is 11.1. The van der Waals surface area contributed by atoms with Crippen LogP contribution in [0.15, 0.2) is 41.6 Å². The van der Waals surface area contributed by atoms with E-state index in [1.54, 1.807) is 35.0 Å². The summed E-state index contributed by atoms with van der Waals surface area (Å²) < 4.78 is 28.7. The number of hydrogen-bond donors (Lipinski definition) is 0. The van der Waals surface area contributed by atoms with E-state index >= 15 is 0 Å². The van der Waals surface area contributed by atoms with Crippen LogP contribution >= 0.6 is 0 Å². The standard InChI is InChI=1S/C21H29N3O3S/c1-16-5-6-19(17(2)13-16)14-23(4)21(25)18-7-11-24(12-8-18)28(26,27)20-9-10-22(3)15-20/h5-6,9-10,13,15,18H,7-8,11-12,14H2,1-4H3. The minimum Gasteiger partial charge on any atom is -0.356 e. The zero-order valence-electron chi connectivity index (χ0n) is 17.1. The van der Waals surface area contributed by atoms with Crippen LogP contribution in [-0.2, 0) is 28.4 Å². The maximum absolute atomic E-state index is 12.9. The van der Waals surface area contributed by atoms with Crippen LogP contribution in [-0.4, -0.2) is 48.2 Å². The quantitative estimate of drug-likeness (QED) is 0.771. The van der Waals surface area contributed by atoms with Crippen molar-refractivity contribution in [2.24, 2.45) is 13.0 Å². The van der Waals surface area contributed by atoms with Gasteiger partial charge in [-0.05, 0) is 43.9 Å². The Balaban J connectivity index is 1.60. The van der Waals surface area contributed by atoms with Crippen molar-refractivity contribution in [3.63, 3.8) is 0 Å². The average Bonchev–Trinajstić information content (AvgIpc) is 3.10. The zero-order chi connectivity index (χ0) is 20.5. The molecule has 1 aromatic heterocycles. The Morgan fingerprint density at radius 3 is 2.43 bits per heavy atom. The Hall–Kier alpha value is -2.12. The van der Waals surface area contributed by atoms with Crippen LogP contribution in [0.5, 0.6) is 0 Å². The zero-order valence-corrected chi connectivity index (χ0v) is 17.9. The molecule has 28 heavy (non-hydrogen) atoms. The summed E-state index contributed by atoms with van der Waals surface area (Å²) >= 11 is 0. The van der Waals surface area contributed by atoms with Crippen LogP contribution in [0.25, 0.3) is 0 Å². The van der Waals surface area contributed by atoms with Crippen LogP contribution < -0.4 is 0 Å². The van der Waals surface area contributed by atoms with E-state index in [-0.39, 0.29) is 11.8 Å². The highest BCUT2D eigenvalue weighted by Gasteiger charge is 2.33. The van der Waals surface area contributed by atoms with E-state index in [2.05, 4.69) is 32.0 Å². The molecule has 2 heterocycles. The molecule has 152 valence electrons. The highest BCUT2D eigenvalue weighted by molar-refractivity contribution is 7.89. The lowest BCUT2D eigenvalue weighted by Gasteiger charge is -2.32. The molecule has 0 N–H and O–H groups in total. The summed E-state index contributed by atoms with van der Waals surface area (Å²) in [7, 11) is 0.148. The Morgan fingerprint density at radius 2 is 1.86 bits per heavy atom. The molecular weight excluding hydrogens is 374 g/mol. The third kappa shape index (κ3) is 4.31. The molecule has 0 atom stereocenters. The molecule has 7 heteroatoms. The van der Waals surface area contributed by atoms with Gasteiger partial charge in [-0.15, -0.1) is 0 Å². The van der Waals surface area contributed by atoms with Crippen LogP contribution in [0.3, 0.4) is 0 Å². The minimum atomic E-state index is -3.48.